The monoisotopic (exact) mass is 699 g/mol. The van der Waals surface area contributed by atoms with Crippen LogP contribution in [0.5, 0.6) is 0 Å². The van der Waals surface area contributed by atoms with Crippen LogP contribution in [0.25, 0.3) is 0 Å². The van der Waals surface area contributed by atoms with Gasteiger partial charge in [0, 0.05) is 53.2 Å². The van der Waals surface area contributed by atoms with Gasteiger partial charge in [-0.25, -0.2) is 0 Å². The van der Waals surface area contributed by atoms with E-state index in [0.717, 1.165) is 0 Å². The highest BCUT2D eigenvalue weighted by Crippen LogP contribution is 2.24. The normalized spacial score (nSPS) is 25.2. The summed E-state index contributed by atoms with van der Waals surface area (Å²) in [5.41, 5.74) is 0. The quantitative estimate of drug-likeness (QED) is 0.181. The lowest BCUT2D eigenvalue weighted by Crippen LogP contribution is -2.52. The van der Waals surface area contributed by atoms with Crippen LogP contribution in [0, 0.1) is 5.92 Å². The number of carboxylic acid groups (broad SMARTS) is 1. The summed E-state index contributed by atoms with van der Waals surface area (Å²) >= 11 is 0. The zero-order chi connectivity index (χ0) is 38.5. The van der Waals surface area contributed by atoms with Crippen LogP contribution in [0.3, 0.4) is 0 Å². The summed E-state index contributed by atoms with van der Waals surface area (Å²) in [6.07, 6.45) is 4.57. The van der Waals surface area contributed by atoms with Crippen LogP contribution < -0.4 is 10.6 Å². The van der Waals surface area contributed by atoms with Crippen LogP contribution in [0.2, 0.25) is 0 Å². The van der Waals surface area contributed by atoms with Gasteiger partial charge in [-0.2, -0.15) is 0 Å². The smallest absolute Gasteiger partial charge is 0.331 e. The molecule has 0 aliphatic carbocycles. The van der Waals surface area contributed by atoms with Crippen molar-refractivity contribution in [2.75, 3.05) is 35.2 Å². The Kier molecular flexibility index (Phi) is 17.9. The molecule has 0 aromatic heterocycles. The first kappa shape index (κ1) is 44.6. The van der Waals surface area contributed by atoms with Gasteiger partial charge >= 0.3 is 17.9 Å². The molecule has 4 heterocycles. The lowest BCUT2D eigenvalue weighted by Gasteiger charge is -2.32. The molecule has 17 heteroatoms. The molecule has 0 bridgehead atoms. The number of carbonyl (C=O) groups is 7. The van der Waals surface area contributed by atoms with E-state index in [4.69, 9.17) is 24.8 Å². The molecule has 0 saturated carbocycles. The Hall–Kier alpha value is -4.35. The predicted octanol–water partition coefficient (Wildman–Crippen LogP) is -0.416. The third kappa shape index (κ3) is 13.6. The number of ketones is 1. The molecule has 0 radical (unpaired) electrons. The highest BCUT2D eigenvalue weighted by Gasteiger charge is 2.48. The Morgan fingerprint density at radius 2 is 1.37 bits per heavy atom. The van der Waals surface area contributed by atoms with E-state index in [-0.39, 0.29) is 42.0 Å². The Morgan fingerprint density at radius 1 is 0.878 bits per heavy atom. The molecule has 3 amide bonds. The maximum atomic E-state index is 11.7. The molecule has 0 aromatic carbocycles. The number of nitrogens with zero attached hydrogens (tertiary/aromatic N) is 3. The number of nitrogens with one attached hydrogen (secondary N) is 2. The lowest BCUT2D eigenvalue weighted by atomic mass is 9.98. The van der Waals surface area contributed by atoms with E-state index in [1.54, 1.807) is 71.9 Å². The van der Waals surface area contributed by atoms with Gasteiger partial charge in [0.05, 0.1) is 30.7 Å². The summed E-state index contributed by atoms with van der Waals surface area (Å²) < 4.78 is 9.68. The van der Waals surface area contributed by atoms with Gasteiger partial charge in [0.15, 0.2) is 5.78 Å². The second-order valence-electron chi connectivity index (χ2n) is 12.2. The Bertz CT molecular complexity index is 1260. The van der Waals surface area contributed by atoms with Crippen molar-refractivity contribution in [2.24, 2.45) is 5.92 Å². The average Bonchev–Trinajstić information content (AvgIpc) is 3.53. The first-order valence-corrected chi connectivity index (χ1v) is 15.6. The van der Waals surface area contributed by atoms with E-state index in [9.17, 15) is 33.6 Å². The average molecular weight is 700 g/mol. The van der Waals surface area contributed by atoms with Crippen molar-refractivity contribution in [3.05, 3.63) is 24.0 Å². The van der Waals surface area contributed by atoms with Crippen LogP contribution in [0.15, 0.2) is 24.0 Å². The zero-order valence-corrected chi connectivity index (χ0v) is 30.3. The number of hydrogen-bond acceptors (Lipinski definition) is 13. The number of Topliss-reactive ketones (excluding diaryl/α,β-unsaturated/α-hetero) is 1. The minimum Gasteiger partial charge on any atom is -0.510 e. The summed E-state index contributed by atoms with van der Waals surface area (Å²) in [4.78, 5) is 81.4. The van der Waals surface area contributed by atoms with Crippen LogP contribution >= 0.6 is 0 Å². The maximum absolute atomic E-state index is 11.7. The van der Waals surface area contributed by atoms with Crippen molar-refractivity contribution in [3.8, 4) is 0 Å². The largest absolute Gasteiger partial charge is 0.510 e. The first-order valence-electron chi connectivity index (χ1n) is 15.6. The van der Waals surface area contributed by atoms with Crippen LogP contribution in [0.4, 0.5) is 0 Å². The number of likely N-dealkylation sites (N-methyl/N-ethyl adjacent to an activating group) is 5. The van der Waals surface area contributed by atoms with Gasteiger partial charge < -0.3 is 50.1 Å². The minimum atomic E-state index is -1.48. The van der Waals surface area contributed by atoms with Crippen LogP contribution in [-0.4, -0.2) is 149 Å². The molecule has 0 aromatic rings. The van der Waals surface area contributed by atoms with Gasteiger partial charge in [0.2, 0.25) is 23.6 Å². The second kappa shape index (κ2) is 19.6. The maximum Gasteiger partial charge on any atom is 0.331 e. The molecule has 2 saturated heterocycles. The van der Waals surface area contributed by atoms with Crippen molar-refractivity contribution in [3.63, 3.8) is 0 Å². The summed E-state index contributed by atoms with van der Waals surface area (Å²) in [6, 6.07) is -0.885. The molecule has 49 heavy (non-hydrogen) atoms. The topological polar surface area (TPSA) is 232 Å². The van der Waals surface area contributed by atoms with Gasteiger partial charge in [0.25, 0.3) is 5.79 Å². The first-order chi connectivity index (χ1) is 22.4. The van der Waals surface area contributed by atoms with E-state index in [1.165, 1.54) is 24.8 Å². The molecule has 6 atom stereocenters. The number of cyclic esters (lactones) is 2. The third-order valence-electron chi connectivity index (χ3n) is 8.16. The van der Waals surface area contributed by atoms with E-state index in [1.807, 2.05) is 19.9 Å². The van der Waals surface area contributed by atoms with Crippen molar-refractivity contribution >= 4 is 41.4 Å². The molecule has 17 nitrogen and oxygen atoms in total. The molecule has 4 aliphatic rings. The molecular formula is C32H53N5O12. The molecule has 2 fully saturated rings. The fourth-order valence-electron chi connectivity index (χ4n) is 3.85. The van der Waals surface area contributed by atoms with Gasteiger partial charge in [-0.05, 0) is 48.7 Å². The van der Waals surface area contributed by atoms with Gasteiger partial charge in [0.1, 0.15) is 11.8 Å². The van der Waals surface area contributed by atoms with Gasteiger partial charge in [-0.1, -0.05) is 6.08 Å². The number of esters is 2. The predicted molar refractivity (Wildman–Crippen MR) is 177 cm³/mol. The molecule has 1 unspecified atom stereocenters. The van der Waals surface area contributed by atoms with Crippen molar-refractivity contribution in [2.45, 2.75) is 97.0 Å². The SMILES string of the molecule is CN[C@@H](C)C(=O)C1C(=O)OC(C)(C)OC1=O.CN[C@@H](C)C(=O)O.C[C@H]1C(O)=CC(=O)N1C.C[C@H]1C(O)CC(=O)N1C.C[C@H]1C=CC(=O)N1C. The number of carbonyl (C=O) groups excluding carboxylic acids is 6. The molecule has 4 aliphatic heterocycles. The highest BCUT2D eigenvalue weighted by atomic mass is 16.7. The summed E-state index contributed by atoms with van der Waals surface area (Å²) in [5.74, 6) is -5.67. The van der Waals surface area contributed by atoms with E-state index >= 15 is 0 Å². The molecule has 0 spiro atoms. The highest BCUT2D eigenvalue weighted by molar-refractivity contribution is 6.17. The van der Waals surface area contributed by atoms with Crippen LogP contribution in [0.1, 0.15) is 54.9 Å². The third-order valence-corrected chi connectivity index (χ3v) is 8.16. The number of rotatable bonds is 5. The molecule has 5 N–H and O–H groups in total. The number of likely N-dealkylation sites (tertiary alicyclic amines) is 1. The van der Waals surface area contributed by atoms with Gasteiger partial charge in [-0.3, -0.25) is 33.6 Å². The van der Waals surface area contributed by atoms with E-state index < -0.39 is 53.6 Å². The van der Waals surface area contributed by atoms with Crippen molar-refractivity contribution < 1.29 is 58.4 Å². The summed E-state index contributed by atoms with van der Waals surface area (Å²) in [7, 11) is 8.34. The second-order valence-corrected chi connectivity index (χ2v) is 12.2. The van der Waals surface area contributed by atoms with E-state index in [2.05, 4.69) is 10.6 Å². The number of aliphatic carboxylic acids is 1. The van der Waals surface area contributed by atoms with Gasteiger partial charge in [-0.15, -0.1) is 0 Å². The van der Waals surface area contributed by atoms with Crippen LogP contribution in [-0.2, 0) is 43.0 Å². The summed E-state index contributed by atoms with van der Waals surface area (Å²) in [5, 5.41) is 31.4. The molecular weight excluding hydrogens is 646 g/mol. The number of aliphatic hydroxyl groups excluding tert-OH is 2. The zero-order valence-electron chi connectivity index (χ0n) is 30.3. The minimum absolute atomic E-state index is 0.00231. The Labute approximate surface area is 287 Å². The number of aliphatic hydroxyl groups is 2. The number of hydrogen-bond donors (Lipinski definition) is 5. The Balaban J connectivity index is 0.000000611. The van der Waals surface area contributed by atoms with Crippen molar-refractivity contribution in [1.29, 1.82) is 0 Å². The van der Waals surface area contributed by atoms with E-state index in [0.29, 0.717) is 6.04 Å². The number of amides is 3. The molecule has 278 valence electrons. The molecule has 4 rings (SSSR count). The number of ether oxygens (including phenoxy) is 2. The fourth-order valence-corrected chi connectivity index (χ4v) is 3.85. The lowest BCUT2D eigenvalue weighted by molar-refractivity contribution is -0.238. The summed E-state index contributed by atoms with van der Waals surface area (Å²) in [6.45, 7) is 11.6. The van der Waals surface area contributed by atoms with Crippen molar-refractivity contribution in [1.82, 2.24) is 25.3 Å². The standard InChI is InChI=1S/C10H15NO5.C6H11NO2.C6H9NO2.C6H9NO.C4H9NO2/c1-5(11-4)7(12)6-8(13)15-10(2,3)16-9(6)14;2*1-4-5(8)3-6(9)7(4)2;1-5-3-4-6(8)7(5)2;1-3(5-2)4(6)7/h5-6,11H,1-4H3;4-5,8H,3H2,1-2H3;3-4,8H,1-2H3;3-5H,1-2H3;3,5H,1-2H3,(H,6,7)/t5-;4-,5?;4-;5-;3-/m00000/s1. The number of carboxylic acids is 1. The Morgan fingerprint density at radius 3 is 1.55 bits per heavy atom. The fraction of sp³-hybridized carbons (Fsp3) is 0.656.